The molecular formula is C12H21O2-. The third kappa shape index (κ3) is 11.2. The van der Waals surface area contributed by atoms with E-state index < -0.39 is 5.97 Å². The van der Waals surface area contributed by atoms with Gasteiger partial charge in [0, 0.05) is 5.97 Å². The van der Waals surface area contributed by atoms with E-state index >= 15 is 0 Å². The molecule has 0 bridgehead atoms. The number of allylic oxidation sites excluding steroid dienone is 2. The van der Waals surface area contributed by atoms with Crippen molar-refractivity contribution in [3.8, 4) is 0 Å². The number of carboxylic acid groups (broad SMARTS) is 1. The summed E-state index contributed by atoms with van der Waals surface area (Å²) in [5, 5.41) is 10.1. The van der Waals surface area contributed by atoms with Crippen LogP contribution in [0.2, 0.25) is 0 Å². The van der Waals surface area contributed by atoms with Crippen LogP contribution in [0.3, 0.4) is 0 Å². The Balaban J connectivity index is 3.07. The van der Waals surface area contributed by atoms with Gasteiger partial charge in [-0.3, -0.25) is 0 Å². The molecule has 0 aliphatic rings. The first-order chi connectivity index (χ1) is 6.77. The Morgan fingerprint density at radius 1 is 1.07 bits per heavy atom. The number of carbonyl (C=O) groups excluding carboxylic acids is 1. The average molecular weight is 197 g/mol. The first-order valence-corrected chi connectivity index (χ1v) is 5.62. The molecular weight excluding hydrogens is 176 g/mol. The van der Waals surface area contributed by atoms with Crippen molar-refractivity contribution >= 4 is 5.97 Å². The second-order valence-corrected chi connectivity index (χ2v) is 3.58. The molecule has 0 aromatic carbocycles. The lowest BCUT2D eigenvalue weighted by molar-refractivity contribution is -0.305. The number of rotatable bonds is 9. The molecule has 2 nitrogen and oxygen atoms in total. The van der Waals surface area contributed by atoms with Gasteiger partial charge in [0.15, 0.2) is 0 Å². The molecule has 0 radical (unpaired) electrons. The van der Waals surface area contributed by atoms with Crippen molar-refractivity contribution < 1.29 is 9.90 Å². The minimum Gasteiger partial charge on any atom is -0.550 e. The summed E-state index contributed by atoms with van der Waals surface area (Å²) in [5.41, 5.74) is 0. The molecule has 82 valence electrons. The highest BCUT2D eigenvalue weighted by Crippen LogP contribution is 2.04. The van der Waals surface area contributed by atoms with Crippen molar-refractivity contribution in [1.29, 1.82) is 0 Å². The van der Waals surface area contributed by atoms with Crippen LogP contribution in [-0.2, 0) is 4.79 Å². The Bertz CT molecular complexity index is 162. The molecule has 0 aliphatic carbocycles. The number of aliphatic carboxylic acids is 1. The van der Waals surface area contributed by atoms with Gasteiger partial charge in [-0.2, -0.15) is 0 Å². The number of carboxylic acids is 1. The molecule has 0 rings (SSSR count). The Labute approximate surface area is 87.0 Å². The first kappa shape index (κ1) is 13.2. The van der Waals surface area contributed by atoms with Crippen molar-refractivity contribution in [1.82, 2.24) is 0 Å². The summed E-state index contributed by atoms with van der Waals surface area (Å²) in [5.74, 6) is -0.943. The predicted molar refractivity (Wildman–Crippen MR) is 56.8 cm³/mol. The van der Waals surface area contributed by atoms with Gasteiger partial charge in [-0.05, 0) is 32.1 Å². The maximum atomic E-state index is 10.1. The van der Waals surface area contributed by atoms with Gasteiger partial charge in [-0.1, -0.05) is 38.3 Å². The first-order valence-electron chi connectivity index (χ1n) is 5.62. The molecule has 0 aromatic rings. The Morgan fingerprint density at radius 2 is 1.71 bits per heavy atom. The standard InChI is InChI=1S/C12H22O2/c1-2-3-4-5-6-7-8-9-10-11-12(13)14/h7-8H,2-6,9-11H2,1H3,(H,13,14)/p-1/b8-7+. The summed E-state index contributed by atoms with van der Waals surface area (Å²) in [6, 6.07) is 0. The van der Waals surface area contributed by atoms with Gasteiger partial charge in [0.05, 0.1) is 0 Å². The number of hydrogen-bond donors (Lipinski definition) is 0. The lowest BCUT2D eigenvalue weighted by Crippen LogP contribution is -2.21. The van der Waals surface area contributed by atoms with Crippen LogP contribution in [0.4, 0.5) is 0 Å². The molecule has 0 aliphatic heterocycles. The molecule has 0 unspecified atom stereocenters. The number of unbranched alkanes of at least 4 members (excludes halogenated alkanes) is 5. The SMILES string of the molecule is CCCCCC/C=C/CCCC(=O)[O-]. The molecule has 0 fully saturated rings. The van der Waals surface area contributed by atoms with Gasteiger partial charge in [-0.15, -0.1) is 0 Å². The number of hydrogen-bond acceptors (Lipinski definition) is 2. The third-order valence-corrected chi connectivity index (χ3v) is 2.14. The fourth-order valence-electron chi connectivity index (χ4n) is 1.29. The lowest BCUT2D eigenvalue weighted by Gasteiger charge is -1.98. The maximum absolute atomic E-state index is 10.1. The summed E-state index contributed by atoms with van der Waals surface area (Å²) >= 11 is 0. The van der Waals surface area contributed by atoms with E-state index in [2.05, 4.69) is 19.1 Å². The summed E-state index contributed by atoms with van der Waals surface area (Å²) in [6.07, 6.45) is 12.3. The smallest absolute Gasteiger partial charge is 0.0414 e. The van der Waals surface area contributed by atoms with E-state index in [4.69, 9.17) is 0 Å². The normalized spacial score (nSPS) is 10.9. The van der Waals surface area contributed by atoms with Crippen LogP contribution in [-0.4, -0.2) is 5.97 Å². The highest BCUT2D eigenvalue weighted by Gasteiger charge is 1.86. The fourth-order valence-corrected chi connectivity index (χ4v) is 1.29. The van der Waals surface area contributed by atoms with Crippen molar-refractivity contribution in [3.05, 3.63) is 12.2 Å². The second-order valence-electron chi connectivity index (χ2n) is 3.58. The topological polar surface area (TPSA) is 40.1 Å². The third-order valence-electron chi connectivity index (χ3n) is 2.14. The second kappa shape index (κ2) is 10.3. The van der Waals surface area contributed by atoms with E-state index in [9.17, 15) is 9.90 Å². The molecule has 14 heavy (non-hydrogen) atoms. The molecule has 0 amide bonds. The van der Waals surface area contributed by atoms with Crippen molar-refractivity contribution in [2.45, 2.75) is 58.3 Å². The zero-order valence-corrected chi connectivity index (χ0v) is 9.13. The van der Waals surface area contributed by atoms with Gasteiger partial charge >= 0.3 is 0 Å². The minimum atomic E-state index is -0.943. The quantitative estimate of drug-likeness (QED) is 0.420. The molecule has 0 heterocycles. The zero-order valence-electron chi connectivity index (χ0n) is 9.13. The lowest BCUT2D eigenvalue weighted by atomic mass is 10.1. The van der Waals surface area contributed by atoms with Gasteiger partial charge in [0.1, 0.15) is 0 Å². The van der Waals surface area contributed by atoms with Crippen LogP contribution in [0.1, 0.15) is 58.3 Å². The van der Waals surface area contributed by atoms with E-state index in [1.54, 1.807) is 0 Å². The zero-order chi connectivity index (χ0) is 10.6. The van der Waals surface area contributed by atoms with Gasteiger partial charge in [0.25, 0.3) is 0 Å². The monoisotopic (exact) mass is 197 g/mol. The van der Waals surface area contributed by atoms with Crippen LogP contribution in [0.25, 0.3) is 0 Å². The summed E-state index contributed by atoms with van der Waals surface area (Å²) in [6.45, 7) is 2.20. The van der Waals surface area contributed by atoms with E-state index in [-0.39, 0.29) is 6.42 Å². The van der Waals surface area contributed by atoms with Crippen molar-refractivity contribution in [3.63, 3.8) is 0 Å². The van der Waals surface area contributed by atoms with E-state index in [0.29, 0.717) is 6.42 Å². The maximum Gasteiger partial charge on any atom is 0.0414 e. The molecule has 0 atom stereocenters. The van der Waals surface area contributed by atoms with Crippen LogP contribution < -0.4 is 5.11 Å². The minimum absolute atomic E-state index is 0.181. The van der Waals surface area contributed by atoms with Crippen molar-refractivity contribution in [2.24, 2.45) is 0 Å². The number of carbonyl (C=O) groups is 1. The highest BCUT2D eigenvalue weighted by atomic mass is 16.4. The van der Waals surface area contributed by atoms with Gasteiger partial charge < -0.3 is 9.90 Å². The molecule has 0 N–H and O–H groups in total. The molecule has 2 heteroatoms. The summed E-state index contributed by atoms with van der Waals surface area (Å²) in [4.78, 5) is 10.1. The van der Waals surface area contributed by atoms with Crippen LogP contribution >= 0.6 is 0 Å². The fraction of sp³-hybridized carbons (Fsp3) is 0.750. The van der Waals surface area contributed by atoms with Gasteiger partial charge in [0.2, 0.25) is 0 Å². The summed E-state index contributed by atoms with van der Waals surface area (Å²) in [7, 11) is 0. The van der Waals surface area contributed by atoms with Gasteiger partial charge in [-0.25, -0.2) is 0 Å². The molecule has 0 saturated carbocycles. The van der Waals surface area contributed by atoms with Crippen LogP contribution in [0.5, 0.6) is 0 Å². The van der Waals surface area contributed by atoms with Crippen LogP contribution in [0.15, 0.2) is 12.2 Å². The predicted octanol–water partition coefficient (Wildman–Crippen LogP) is 2.43. The highest BCUT2D eigenvalue weighted by molar-refractivity contribution is 5.64. The molecule has 0 spiro atoms. The van der Waals surface area contributed by atoms with Crippen molar-refractivity contribution in [2.75, 3.05) is 0 Å². The Morgan fingerprint density at radius 3 is 2.29 bits per heavy atom. The summed E-state index contributed by atoms with van der Waals surface area (Å²) < 4.78 is 0. The van der Waals surface area contributed by atoms with Crippen LogP contribution in [0, 0.1) is 0 Å². The largest absolute Gasteiger partial charge is 0.550 e. The Hall–Kier alpha value is -0.790. The van der Waals surface area contributed by atoms with E-state index in [1.165, 1.54) is 25.7 Å². The van der Waals surface area contributed by atoms with E-state index in [1.807, 2.05) is 0 Å². The molecule has 0 saturated heterocycles. The van der Waals surface area contributed by atoms with E-state index in [0.717, 1.165) is 12.8 Å². The molecule has 0 aromatic heterocycles. The average Bonchev–Trinajstić information content (AvgIpc) is 2.15. The Kier molecular flexibility index (Phi) is 9.71.